The molecule has 1 aromatic rings. The molecule has 88 valence electrons. The van der Waals surface area contributed by atoms with Crippen LogP contribution in [0.2, 0.25) is 0 Å². The zero-order valence-electron chi connectivity index (χ0n) is 8.80. The predicted molar refractivity (Wildman–Crippen MR) is 64.9 cm³/mol. The summed E-state index contributed by atoms with van der Waals surface area (Å²) in [5, 5.41) is 0. The van der Waals surface area contributed by atoms with E-state index in [-0.39, 0.29) is 10.9 Å². The van der Waals surface area contributed by atoms with E-state index < -0.39 is 10.0 Å². The molecule has 6 heteroatoms. The minimum absolute atomic E-state index is 0.0592. The van der Waals surface area contributed by atoms with Gasteiger partial charge in [0.2, 0.25) is 10.0 Å². The maximum absolute atomic E-state index is 11.9. The normalized spacial score (nSPS) is 21.9. The van der Waals surface area contributed by atoms with Crippen LogP contribution in [0.4, 0.5) is 0 Å². The lowest BCUT2D eigenvalue weighted by Gasteiger charge is -2.22. The van der Waals surface area contributed by atoms with Gasteiger partial charge in [0.1, 0.15) is 4.90 Å². The SMILES string of the molecule is O=S(=O)(NC1CCCSC1)c1cccnc1. The molecule has 16 heavy (non-hydrogen) atoms. The van der Waals surface area contributed by atoms with Gasteiger partial charge in [-0.25, -0.2) is 13.1 Å². The number of sulfonamides is 1. The molecule has 0 spiro atoms. The van der Waals surface area contributed by atoms with Crippen molar-refractivity contribution in [2.24, 2.45) is 0 Å². The molecule has 1 N–H and O–H groups in total. The van der Waals surface area contributed by atoms with Gasteiger partial charge in [-0.1, -0.05) is 0 Å². The zero-order valence-corrected chi connectivity index (χ0v) is 10.4. The molecule has 0 radical (unpaired) electrons. The van der Waals surface area contributed by atoms with Crippen LogP contribution in [-0.2, 0) is 10.0 Å². The summed E-state index contributed by atoms with van der Waals surface area (Å²) in [7, 11) is -3.39. The monoisotopic (exact) mass is 258 g/mol. The number of rotatable bonds is 3. The summed E-state index contributed by atoms with van der Waals surface area (Å²) in [5.74, 6) is 1.99. The quantitative estimate of drug-likeness (QED) is 0.886. The summed E-state index contributed by atoms with van der Waals surface area (Å²) >= 11 is 1.80. The second-order valence-electron chi connectivity index (χ2n) is 3.72. The Morgan fingerprint density at radius 2 is 2.38 bits per heavy atom. The second kappa shape index (κ2) is 5.16. The first-order valence-corrected chi connectivity index (χ1v) is 7.82. The molecule has 1 aromatic heterocycles. The highest BCUT2D eigenvalue weighted by atomic mass is 32.2. The van der Waals surface area contributed by atoms with E-state index in [4.69, 9.17) is 0 Å². The number of pyridine rings is 1. The van der Waals surface area contributed by atoms with Gasteiger partial charge in [-0.3, -0.25) is 4.98 Å². The fourth-order valence-electron chi connectivity index (χ4n) is 1.63. The first-order valence-electron chi connectivity index (χ1n) is 5.18. The van der Waals surface area contributed by atoms with Crippen molar-refractivity contribution < 1.29 is 8.42 Å². The van der Waals surface area contributed by atoms with E-state index in [9.17, 15) is 8.42 Å². The van der Waals surface area contributed by atoms with E-state index >= 15 is 0 Å². The number of hydrogen-bond donors (Lipinski definition) is 1. The van der Waals surface area contributed by atoms with Crippen molar-refractivity contribution in [2.45, 2.75) is 23.8 Å². The third-order valence-electron chi connectivity index (χ3n) is 2.43. The Hall–Kier alpha value is -0.590. The Morgan fingerprint density at radius 3 is 3.00 bits per heavy atom. The molecule has 2 rings (SSSR count). The van der Waals surface area contributed by atoms with Crippen LogP contribution in [0.1, 0.15) is 12.8 Å². The molecule has 1 aliphatic heterocycles. The van der Waals surface area contributed by atoms with Crippen molar-refractivity contribution in [2.75, 3.05) is 11.5 Å². The molecule has 0 amide bonds. The fourth-order valence-corrected chi connectivity index (χ4v) is 4.04. The lowest BCUT2D eigenvalue weighted by Crippen LogP contribution is -2.38. The average molecular weight is 258 g/mol. The number of aromatic nitrogens is 1. The number of nitrogens with zero attached hydrogens (tertiary/aromatic N) is 1. The van der Waals surface area contributed by atoms with E-state index in [0.29, 0.717) is 0 Å². The molecule has 1 unspecified atom stereocenters. The van der Waals surface area contributed by atoms with Gasteiger partial charge in [-0.2, -0.15) is 11.8 Å². The molecule has 4 nitrogen and oxygen atoms in total. The van der Waals surface area contributed by atoms with E-state index in [1.807, 2.05) is 0 Å². The highest BCUT2D eigenvalue weighted by molar-refractivity contribution is 7.99. The van der Waals surface area contributed by atoms with E-state index in [1.165, 1.54) is 6.20 Å². The third-order valence-corrected chi connectivity index (χ3v) is 5.15. The minimum Gasteiger partial charge on any atom is -0.263 e. The summed E-state index contributed by atoms with van der Waals surface area (Å²) in [5.41, 5.74) is 0. The Morgan fingerprint density at radius 1 is 1.50 bits per heavy atom. The molecule has 1 saturated heterocycles. The van der Waals surface area contributed by atoms with Crippen LogP contribution in [0.25, 0.3) is 0 Å². The molecular weight excluding hydrogens is 244 g/mol. The summed E-state index contributed by atoms with van der Waals surface area (Å²) in [6.07, 6.45) is 4.94. The van der Waals surface area contributed by atoms with Crippen LogP contribution >= 0.6 is 11.8 Å². The maximum Gasteiger partial charge on any atom is 0.242 e. The van der Waals surface area contributed by atoms with E-state index in [2.05, 4.69) is 9.71 Å². The summed E-state index contributed by atoms with van der Waals surface area (Å²) < 4.78 is 26.6. The van der Waals surface area contributed by atoms with Crippen LogP contribution < -0.4 is 4.72 Å². The molecule has 0 aliphatic carbocycles. The van der Waals surface area contributed by atoms with Crippen molar-refractivity contribution >= 4 is 21.8 Å². The van der Waals surface area contributed by atoms with Gasteiger partial charge in [-0.15, -0.1) is 0 Å². The first kappa shape index (κ1) is 11.9. The smallest absolute Gasteiger partial charge is 0.242 e. The van der Waals surface area contributed by atoms with Gasteiger partial charge >= 0.3 is 0 Å². The number of thioether (sulfide) groups is 1. The molecule has 1 atom stereocenters. The topological polar surface area (TPSA) is 59.1 Å². The predicted octanol–water partition coefficient (Wildman–Crippen LogP) is 1.26. The number of nitrogens with one attached hydrogen (secondary N) is 1. The molecular formula is C10H14N2O2S2. The van der Waals surface area contributed by atoms with Crippen molar-refractivity contribution in [3.63, 3.8) is 0 Å². The maximum atomic E-state index is 11.9. The van der Waals surface area contributed by atoms with Gasteiger partial charge < -0.3 is 0 Å². The Balaban J connectivity index is 2.08. The highest BCUT2D eigenvalue weighted by Gasteiger charge is 2.21. The molecule has 0 bridgehead atoms. The lowest BCUT2D eigenvalue weighted by molar-refractivity contribution is 0.543. The van der Waals surface area contributed by atoms with Gasteiger partial charge in [0.15, 0.2) is 0 Å². The Kier molecular flexibility index (Phi) is 3.83. The van der Waals surface area contributed by atoms with Crippen molar-refractivity contribution in [1.29, 1.82) is 0 Å². The average Bonchev–Trinajstić information content (AvgIpc) is 2.31. The molecule has 0 saturated carbocycles. The first-order chi connectivity index (χ1) is 7.68. The summed E-state index contributed by atoms with van der Waals surface area (Å²) in [6, 6.07) is 3.25. The summed E-state index contributed by atoms with van der Waals surface area (Å²) in [4.78, 5) is 4.06. The molecule has 2 heterocycles. The number of hydrogen-bond acceptors (Lipinski definition) is 4. The van der Waals surface area contributed by atoms with Gasteiger partial charge in [0.25, 0.3) is 0 Å². The van der Waals surface area contributed by atoms with Crippen molar-refractivity contribution in [3.8, 4) is 0 Å². The largest absolute Gasteiger partial charge is 0.263 e. The Bertz CT molecular complexity index is 427. The van der Waals surface area contributed by atoms with E-state index in [1.54, 1.807) is 30.1 Å². The standard InChI is InChI=1S/C10H14N2O2S2/c13-16(14,10-4-1-5-11-7-10)12-9-3-2-6-15-8-9/h1,4-5,7,9,12H,2-3,6,8H2. The third kappa shape index (κ3) is 2.96. The molecule has 1 fully saturated rings. The van der Waals surface area contributed by atoms with Crippen molar-refractivity contribution in [1.82, 2.24) is 9.71 Å². The summed E-state index contributed by atoms with van der Waals surface area (Å²) in [6.45, 7) is 0. The fraction of sp³-hybridized carbons (Fsp3) is 0.500. The van der Waals surface area contributed by atoms with Crippen LogP contribution in [0.3, 0.4) is 0 Å². The van der Waals surface area contributed by atoms with Crippen LogP contribution in [0.5, 0.6) is 0 Å². The molecule has 1 aliphatic rings. The van der Waals surface area contributed by atoms with Gasteiger partial charge in [-0.05, 0) is 30.7 Å². The van der Waals surface area contributed by atoms with Crippen molar-refractivity contribution in [3.05, 3.63) is 24.5 Å². The van der Waals surface area contributed by atoms with E-state index in [0.717, 1.165) is 24.3 Å². The van der Waals surface area contributed by atoms with Crippen LogP contribution in [0.15, 0.2) is 29.4 Å². The second-order valence-corrected chi connectivity index (χ2v) is 6.59. The highest BCUT2D eigenvalue weighted by Crippen LogP contribution is 2.18. The molecule has 0 aromatic carbocycles. The minimum atomic E-state index is -3.39. The lowest BCUT2D eigenvalue weighted by atomic mass is 10.2. The van der Waals surface area contributed by atoms with Crippen LogP contribution in [-0.4, -0.2) is 30.9 Å². The van der Waals surface area contributed by atoms with Gasteiger partial charge in [0, 0.05) is 24.2 Å². The van der Waals surface area contributed by atoms with Gasteiger partial charge in [0.05, 0.1) is 0 Å². The Labute approximate surface area is 99.9 Å². The van der Waals surface area contributed by atoms with Crippen LogP contribution in [0, 0.1) is 0 Å². The zero-order chi connectivity index (χ0) is 11.4.